The summed E-state index contributed by atoms with van der Waals surface area (Å²) in [6, 6.07) is 20.6. The molecule has 0 atom stereocenters. The Labute approximate surface area is 189 Å². The summed E-state index contributed by atoms with van der Waals surface area (Å²) in [6.45, 7) is 2.16. The second kappa shape index (κ2) is 9.35. The first-order valence-electron chi connectivity index (χ1n) is 10.3. The molecule has 0 fully saturated rings. The fourth-order valence-electron chi connectivity index (χ4n) is 3.49. The Kier molecular flexibility index (Phi) is 6.17. The minimum Gasteiger partial charge on any atom is -0.497 e. The van der Waals surface area contributed by atoms with Crippen molar-refractivity contribution >= 4 is 28.2 Å². The van der Waals surface area contributed by atoms with E-state index in [1.54, 1.807) is 32.2 Å². The Balaban J connectivity index is 1.76. The van der Waals surface area contributed by atoms with Crippen molar-refractivity contribution in [1.29, 1.82) is 0 Å². The normalized spacial score (nSPS) is 10.6. The first-order chi connectivity index (χ1) is 16.0. The number of hydrogen-bond donors (Lipinski definition) is 1. The number of amides is 1. The molecule has 4 aromatic rings. The lowest BCUT2D eigenvalue weighted by molar-refractivity contribution is -0.384. The first kappa shape index (κ1) is 21.8. The highest BCUT2D eigenvalue weighted by atomic mass is 16.6. The molecule has 0 unspecified atom stereocenters. The van der Waals surface area contributed by atoms with Gasteiger partial charge in [0.15, 0.2) is 0 Å². The molecule has 1 N–H and O–H groups in total. The van der Waals surface area contributed by atoms with Crippen molar-refractivity contribution in [3.63, 3.8) is 0 Å². The van der Waals surface area contributed by atoms with Gasteiger partial charge in [-0.15, -0.1) is 0 Å². The highest BCUT2D eigenvalue weighted by molar-refractivity contribution is 6.13. The van der Waals surface area contributed by atoms with E-state index in [0.717, 1.165) is 5.56 Å². The highest BCUT2D eigenvalue weighted by Gasteiger charge is 2.20. The first-order valence-corrected chi connectivity index (χ1v) is 10.3. The van der Waals surface area contributed by atoms with E-state index in [4.69, 9.17) is 9.47 Å². The van der Waals surface area contributed by atoms with Crippen LogP contribution in [0.3, 0.4) is 0 Å². The number of benzene rings is 3. The van der Waals surface area contributed by atoms with Gasteiger partial charge in [-0.05, 0) is 55.5 Å². The number of anilines is 1. The number of fused-ring (bicyclic) bond motifs is 1. The fourth-order valence-corrected chi connectivity index (χ4v) is 3.49. The molecule has 0 bridgehead atoms. The number of pyridine rings is 1. The number of nitrogens with zero attached hydrogens (tertiary/aromatic N) is 2. The second-order valence-corrected chi connectivity index (χ2v) is 7.12. The second-order valence-electron chi connectivity index (χ2n) is 7.12. The molecular weight excluding hydrogens is 422 g/mol. The van der Waals surface area contributed by atoms with E-state index in [9.17, 15) is 14.9 Å². The van der Waals surface area contributed by atoms with Crippen molar-refractivity contribution in [2.24, 2.45) is 0 Å². The van der Waals surface area contributed by atoms with E-state index >= 15 is 0 Å². The summed E-state index contributed by atoms with van der Waals surface area (Å²) in [5, 5.41) is 14.9. The Morgan fingerprint density at radius 3 is 2.45 bits per heavy atom. The van der Waals surface area contributed by atoms with E-state index in [-0.39, 0.29) is 11.4 Å². The van der Waals surface area contributed by atoms with Crippen LogP contribution in [0, 0.1) is 10.1 Å². The van der Waals surface area contributed by atoms with Crippen molar-refractivity contribution in [3.8, 4) is 22.8 Å². The number of carbonyl (C=O) groups is 1. The molecule has 33 heavy (non-hydrogen) atoms. The third kappa shape index (κ3) is 4.59. The van der Waals surface area contributed by atoms with Gasteiger partial charge in [-0.3, -0.25) is 14.9 Å². The molecule has 8 heteroatoms. The molecule has 1 amide bonds. The molecule has 4 rings (SSSR count). The highest BCUT2D eigenvalue weighted by Crippen LogP contribution is 2.31. The van der Waals surface area contributed by atoms with E-state index in [1.807, 2.05) is 42.5 Å². The lowest BCUT2D eigenvalue weighted by Crippen LogP contribution is -2.14. The Hall–Kier alpha value is -4.46. The van der Waals surface area contributed by atoms with Crippen molar-refractivity contribution in [2.75, 3.05) is 19.0 Å². The number of rotatable bonds is 7. The molecule has 0 aliphatic rings. The number of ether oxygens (including phenoxy) is 2. The van der Waals surface area contributed by atoms with Crippen LogP contribution in [0.4, 0.5) is 11.4 Å². The van der Waals surface area contributed by atoms with Crippen molar-refractivity contribution in [2.45, 2.75) is 6.92 Å². The molecule has 0 radical (unpaired) electrons. The smallest absolute Gasteiger partial charge is 0.296 e. The molecule has 0 saturated heterocycles. The summed E-state index contributed by atoms with van der Waals surface area (Å²) < 4.78 is 10.6. The van der Waals surface area contributed by atoms with Crippen LogP contribution in [-0.4, -0.2) is 29.5 Å². The standard InChI is InChI=1S/C25H21N3O5/c1-3-33-18-12-13-22(24(14-18)28(30)31)27-25(29)20-15-23(16-8-10-17(32-2)11-9-16)26-21-7-5-4-6-19(20)21/h4-15H,3H2,1-2H3,(H,27,29). The van der Waals surface area contributed by atoms with Gasteiger partial charge >= 0.3 is 0 Å². The zero-order chi connectivity index (χ0) is 23.4. The molecule has 0 spiro atoms. The van der Waals surface area contributed by atoms with Gasteiger partial charge in [0, 0.05) is 10.9 Å². The van der Waals surface area contributed by atoms with Gasteiger partial charge in [0.2, 0.25) is 0 Å². The van der Waals surface area contributed by atoms with Crippen molar-refractivity contribution in [1.82, 2.24) is 4.98 Å². The number of para-hydroxylation sites is 1. The molecular formula is C25H21N3O5. The van der Waals surface area contributed by atoms with Gasteiger partial charge < -0.3 is 14.8 Å². The van der Waals surface area contributed by atoms with Crippen LogP contribution < -0.4 is 14.8 Å². The van der Waals surface area contributed by atoms with Gasteiger partial charge in [0.25, 0.3) is 11.6 Å². The minimum absolute atomic E-state index is 0.0837. The third-order valence-corrected chi connectivity index (χ3v) is 5.07. The largest absolute Gasteiger partial charge is 0.497 e. The van der Waals surface area contributed by atoms with Crippen LogP contribution >= 0.6 is 0 Å². The molecule has 1 aromatic heterocycles. The van der Waals surface area contributed by atoms with Crippen LogP contribution in [0.2, 0.25) is 0 Å². The summed E-state index contributed by atoms with van der Waals surface area (Å²) in [5.74, 6) is 0.592. The lowest BCUT2D eigenvalue weighted by atomic mass is 10.0. The average molecular weight is 443 g/mol. The van der Waals surface area contributed by atoms with Crippen LogP contribution in [0.25, 0.3) is 22.2 Å². The van der Waals surface area contributed by atoms with Gasteiger partial charge in [-0.25, -0.2) is 4.98 Å². The van der Waals surface area contributed by atoms with Crippen molar-refractivity contribution in [3.05, 3.63) is 88.5 Å². The van der Waals surface area contributed by atoms with Crippen LogP contribution in [0.15, 0.2) is 72.8 Å². The summed E-state index contributed by atoms with van der Waals surface area (Å²) in [5.41, 5.74) is 2.24. The van der Waals surface area contributed by atoms with E-state index < -0.39 is 10.8 Å². The molecule has 1 heterocycles. The average Bonchev–Trinajstić information content (AvgIpc) is 2.84. The maximum absolute atomic E-state index is 13.3. The predicted molar refractivity (Wildman–Crippen MR) is 126 cm³/mol. The number of hydrogen-bond acceptors (Lipinski definition) is 6. The zero-order valence-electron chi connectivity index (χ0n) is 18.1. The third-order valence-electron chi connectivity index (χ3n) is 5.07. The van der Waals surface area contributed by atoms with E-state index in [0.29, 0.717) is 40.3 Å². The van der Waals surface area contributed by atoms with Crippen LogP contribution in [0.5, 0.6) is 11.5 Å². The molecule has 0 saturated carbocycles. The number of aromatic nitrogens is 1. The Bertz CT molecular complexity index is 1340. The lowest BCUT2D eigenvalue weighted by Gasteiger charge is -2.12. The number of nitro groups is 1. The Morgan fingerprint density at radius 1 is 1.03 bits per heavy atom. The maximum atomic E-state index is 13.3. The maximum Gasteiger partial charge on any atom is 0.296 e. The van der Waals surface area contributed by atoms with Crippen LogP contribution in [-0.2, 0) is 0 Å². The van der Waals surface area contributed by atoms with Gasteiger partial charge in [0.05, 0.1) is 41.5 Å². The van der Waals surface area contributed by atoms with Gasteiger partial charge in [-0.2, -0.15) is 0 Å². The minimum atomic E-state index is -0.550. The zero-order valence-corrected chi connectivity index (χ0v) is 18.1. The fraction of sp³-hybridized carbons (Fsp3) is 0.120. The number of nitro benzene ring substituents is 1. The monoisotopic (exact) mass is 443 g/mol. The quantitative estimate of drug-likeness (QED) is 0.300. The molecule has 0 aliphatic carbocycles. The van der Waals surface area contributed by atoms with E-state index in [1.165, 1.54) is 12.1 Å². The molecule has 0 aliphatic heterocycles. The molecule has 166 valence electrons. The summed E-state index contributed by atoms with van der Waals surface area (Å²) >= 11 is 0. The molecule has 3 aromatic carbocycles. The topological polar surface area (TPSA) is 104 Å². The Morgan fingerprint density at radius 2 is 1.76 bits per heavy atom. The van der Waals surface area contributed by atoms with Gasteiger partial charge in [-0.1, -0.05) is 18.2 Å². The van der Waals surface area contributed by atoms with Crippen LogP contribution in [0.1, 0.15) is 17.3 Å². The SMILES string of the molecule is CCOc1ccc(NC(=O)c2cc(-c3ccc(OC)cc3)nc3ccccc23)c([N+](=O)[O-])c1. The van der Waals surface area contributed by atoms with Gasteiger partial charge in [0.1, 0.15) is 17.2 Å². The summed E-state index contributed by atoms with van der Waals surface area (Å²) in [6.07, 6.45) is 0. The number of carbonyl (C=O) groups excluding carboxylic acids is 1. The summed E-state index contributed by atoms with van der Waals surface area (Å²) in [7, 11) is 1.59. The molecule has 8 nitrogen and oxygen atoms in total. The van der Waals surface area contributed by atoms with E-state index in [2.05, 4.69) is 10.3 Å². The summed E-state index contributed by atoms with van der Waals surface area (Å²) in [4.78, 5) is 29.0. The number of methoxy groups -OCH3 is 1. The van der Waals surface area contributed by atoms with Crippen molar-refractivity contribution < 1.29 is 19.2 Å². The number of nitrogens with one attached hydrogen (secondary N) is 1. The predicted octanol–water partition coefficient (Wildman–Crippen LogP) is 5.47.